The van der Waals surface area contributed by atoms with Crippen LogP contribution >= 0.6 is 0 Å². The molecule has 0 aromatic carbocycles. The first-order valence-corrected chi connectivity index (χ1v) is 9.01. The predicted molar refractivity (Wildman–Crippen MR) is 98.0 cm³/mol. The number of aryl methyl sites for hydroxylation is 2. The number of hydrogen-bond donors (Lipinski definition) is 0. The molecular weight excluding hydrogens is 328 g/mol. The maximum Gasteiger partial charge on any atom is 0.152 e. The van der Waals surface area contributed by atoms with Crippen LogP contribution in [0.2, 0.25) is 0 Å². The van der Waals surface area contributed by atoms with Gasteiger partial charge in [-0.25, -0.2) is 9.97 Å². The molecule has 0 aliphatic carbocycles. The molecule has 0 bridgehead atoms. The Morgan fingerprint density at radius 3 is 2.92 bits per heavy atom. The van der Waals surface area contributed by atoms with Crippen molar-refractivity contribution in [3.63, 3.8) is 0 Å². The van der Waals surface area contributed by atoms with Gasteiger partial charge in [0, 0.05) is 44.6 Å². The van der Waals surface area contributed by atoms with Crippen molar-refractivity contribution in [1.29, 1.82) is 0 Å². The lowest BCUT2D eigenvalue weighted by Crippen LogP contribution is -2.36. The minimum absolute atomic E-state index is 0.347. The molecule has 1 aliphatic heterocycles. The highest BCUT2D eigenvalue weighted by Crippen LogP contribution is 2.29. The molecule has 0 spiro atoms. The SMILES string of the molecule is Cc1cnc(C)c(N2CCCC(c3nnc(Cn4ccnc4)n3C)C2)n1. The molecule has 26 heavy (non-hydrogen) atoms. The van der Waals surface area contributed by atoms with E-state index in [1.165, 1.54) is 0 Å². The van der Waals surface area contributed by atoms with Gasteiger partial charge in [-0.15, -0.1) is 10.2 Å². The average molecular weight is 352 g/mol. The Kier molecular flexibility index (Phi) is 4.40. The molecule has 0 radical (unpaired) electrons. The topological polar surface area (TPSA) is 77.5 Å². The molecule has 1 aliphatic rings. The van der Waals surface area contributed by atoms with Crippen molar-refractivity contribution in [2.45, 2.75) is 39.2 Å². The Balaban J connectivity index is 1.55. The molecule has 136 valence electrons. The molecule has 4 heterocycles. The van der Waals surface area contributed by atoms with Crippen molar-refractivity contribution < 1.29 is 0 Å². The first kappa shape index (κ1) is 16.7. The Labute approximate surface area is 152 Å². The second kappa shape index (κ2) is 6.86. The third-order valence-electron chi connectivity index (χ3n) is 5.02. The van der Waals surface area contributed by atoms with Crippen LogP contribution in [-0.2, 0) is 13.6 Å². The summed E-state index contributed by atoms with van der Waals surface area (Å²) in [6.07, 6.45) is 9.58. The number of imidazole rings is 1. The molecular formula is C18H24N8. The normalized spacial score (nSPS) is 17.7. The summed E-state index contributed by atoms with van der Waals surface area (Å²) in [6, 6.07) is 0. The van der Waals surface area contributed by atoms with E-state index in [-0.39, 0.29) is 0 Å². The molecule has 3 aromatic heterocycles. The van der Waals surface area contributed by atoms with Gasteiger partial charge in [-0.2, -0.15) is 0 Å². The van der Waals surface area contributed by atoms with Gasteiger partial charge in [0.1, 0.15) is 11.6 Å². The van der Waals surface area contributed by atoms with Gasteiger partial charge in [0.15, 0.2) is 5.82 Å². The summed E-state index contributed by atoms with van der Waals surface area (Å²) in [5, 5.41) is 8.92. The fourth-order valence-corrected chi connectivity index (χ4v) is 3.62. The zero-order valence-corrected chi connectivity index (χ0v) is 15.5. The molecule has 1 unspecified atom stereocenters. The predicted octanol–water partition coefficient (Wildman–Crippen LogP) is 1.85. The highest BCUT2D eigenvalue weighted by atomic mass is 15.3. The van der Waals surface area contributed by atoms with Crippen molar-refractivity contribution in [3.05, 3.63) is 48.0 Å². The van der Waals surface area contributed by atoms with Gasteiger partial charge in [-0.1, -0.05) is 0 Å². The van der Waals surface area contributed by atoms with Crippen molar-refractivity contribution >= 4 is 5.82 Å². The molecule has 0 amide bonds. The Morgan fingerprint density at radius 1 is 1.23 bits per heavy atom. The highest BCUT2D eigenvalue weighted by Gasteiger charge is 2.27. The highest BCUT2D eigenvalue weighted by molar-refractivity contribution is 5.44. The first-order valence-electron chi connectivity index (χ1n) is 9.01. The van der Waals surface area contributed by atoms with E-state index < -0.39 is 0 Å². The van der Waals surface area contributed by atoms with Gasteiger partial charge in [-0.3, -0.25) is 4.98 Å². The maximum atomic E-state index is 4.71. The van der Waals surface area contributed by atoms with E-state index in [4.69, 9.17) is 4.98 Å². The summed E-state index contributed by atoms with van der Waals surface area (Å²) in [5.74, 6) is 3.33. The van der Waals surface area contributed by atoms with Crippen molar-refractivity contribution in [1.82, 2.24) is 34.3 Å². The molecule has 1 atom stereocenters. The quantitative estimate of drug-likeness (QED) is 0.713. The molecule has 8 heteroatoms. The van der Waals surface area contributed by atoms with Crippen LogP contribution in [0.15, 0.2) is 24.9 Å². The lowest BCUT2D eigenvalue weighted by molar-refractivity contribution is 0.474. The van der Waals surface area contributed by atoms with Crippen LogP contribution in [-0.4, -0.2) is 47.4 Å². The molecule has 4 rings (SSSR count). The lowest BCUT2D eigenvalue weighted by atomic mass is 9.97. The number of anilines is 1. The van der Waals surface area contributed by atoms with Gasteiger partial charge in [0.25, 0.3) is 0 Å². The zero-order chi connectivity index (χ0) is 18.1. The van der Waals surface area contributed by atoms with Gasteiger partial charge in [-0.05, 0) is 26.7 Å². The summed E-state index contributed by atoms with van der Waals surface area (Å²) >= 11 is 0. The van der Waals surface area contributed by atoms with E-state index in [0.717, 1.165) is 54.8 Å². The Hall–Kier alpha value is -2.77. The van der Waals surface area contributed by atoms with Gasteiger partial charge in [0.05, 0.1) is 24.3 Å². The minimum atomic E-state index is 0.347. The number of aromatic nitrogens is 7. The van der Waals surface area contributed by atoms with Crippen LogP contribution < -0.4 is 4.90 Å². The van der Waals surface area contributed by atoms with Crippen LogP contribution in [0.5, 0.6) is 0 Å². The second-order valence-corrected chi connectivity index (χ2v) is 6.97. The van der Waals surface area contributed by atoms with Crippen LogP contribution in [0, 0.1) is 13.8 Å². The van der Waals surface area contributed by atoms with E-state index in [1.807, 2.05) is 30.8 Å². The number of piperidine rings is 1. The molecule has 1 saturated heterocycles. The summed E-state index contributed by atoms with van der Waals surface area (Å²) in [7, 11) is 2.05. The Morgan fingerprint density at radius 2 is 2.12 bits per heavy atom. The van der Waals surface area contributed by atoms with Gasteiger partial charge >= 0.3 is 0 Å². The summed E-state index contributed by atoms with van der Waals surface area (Å²) in [6.45, 7) is 6.60. The number of nitrogens with zero attached hydrogens (tertiary/aromatic N) is 8. The minimum Gasteiger partial charge on any atom is -0.354 e. The smallest absolute Gasteiger partial charge is 0.152 e. The largest absolute Gasteiger partial charge is 0.354 e. The van der Waals surface area contributed by atoms with E-state index in [9.17, 15) is 0 Å². The van der Waals surface area contributed by atoms with E-state index in [0.29, 0.717) is 12.5 Å². The van der Waals surface area contributed by atoms with Crippen LogP contribution in [0.25, 0.3) is 0 Å². The summed E-state index contributed by atoms with van der Waals surface area (Å²) < 4.78 is 4.13. The van der Waals surface area contributed by atoms with Gasteiger partial charge < -0.3 is 14.0 Å². The van der Waals surface area contributed by atoms with Crippen LogP contribution in [0.3, 0.4) is 0 Å². The summed E-state index contributed by atoms with van der Waals surface area (Å²) in [4.78, 5) is 15.6. The summed E-state index contributed by atoms with van der Waals surface area (Å²) in [5.41, 5.74) is 1.93. The standard InChI is InChI=1S/C18H24N8/c1-13-9-20-14(2)17(21-13)26-7-4-5-15(10-26)18-23-22-16(24(18)3)11-25-8-6-19-12-25/h6,8-9,12,15H,4-5,7,10-11H2,1-3H3. The third-order valence-corrected chi connectivity index (χ3v) is 5.02. The average Bonchev–Trinajstić information content (AvgIpc) is 3.28. The van der Waals surface area contributed by atoms with E-state index in [1.54, 1.807) is 12.5 Å². The van der Waals surface area contributed by atoms with Crippen LogP contribution in [0.1, 0.15) is 41.8 Å². The molecule has 8 nitrogen and oxygen atoms in total. The van der Waals surface area contributed by atoms with Crippen molar-refractivity contribution in [3.8, 4) is 0 Å². The molecule has 3 aromatic rings. The van der Waals surface area contributed by atoms with E-state index >= 15 is 0 Å². The Bertz CT molecular complexity index is 883. The van der Waals surface area contributed by atoms with E-state index in [2.05, 4.69) is 36.7 Å². The van der Waals surface area contributed by atoms with Crippen LogP contribution in [0.4, 0.5) is 5.82 Å². The van der Waals surface area contributed by atoms with Crippen molar-refractivity contribution in [2.75, 3.05) is 18.0 Å². The fourth-order valence-electron chi connectivity index (χ4n) is 3.62. The lowest BCUT2D eigenvalue weighted by Gasteiger charge is -2.33. The number of rotatable bonds is 4. The maximum absolute atomic E-state index is 4.71. The molecule has 0 saturated carbocycles. The van der Waals surface area contributed by atoms with Gasteiger partial charge in [0.2, 0.25) is 0 Å². The number of hydrogen-bond acceptors (Lipinski definition) is 6. The van der Waals surface area contributed by atoms with Crippen molar-refractivity contribution in [2.24, 2.45) is 7.05 Å². The second-order valence-electron chi connectivity index (χ2n) is 6.97. The fraction of sp³-hybridized carbons (Fsp3) is 0.500. The third kappa shape index (κ3) is 3.18. The zero-order valence-electron chi connectivity index (χ0n) is 15.5. The molecule has 0 N–H and O–H groups in total. The molecule has 1 fully saturated rings. The monoisotopic (exact) mass is 352 g/mol. The first-order chi connectivity index (χ1) is 12.6.